The Morgan fingerprint density at radius 1 is 1.05 bits per heavy atom. The Balaban J connectivity index is 2.22. The van der Waals surface area contributed by atoms with Crippen molar-refractivity contribution in [3.05, 3.63) is 77.0 Å². The van der Waals surface area contributed by atoms with Gasteiger partial charge in [0.2, 0.25) is 5.95 Å². The maximum atomic E-state index is 14.3. The van der Waals surface area contributed by atoms with Crippen LogP contribution in [0.2, 0.25) is 0 Å². The van der Waals surface area contributed by atoms with Crippen LogP contribution in [0.1, 0.15) is 0 Å². The molecule has 0 fully saturated rings. The molecule has 0 aliphatic carbocycles. The zero-order valence-electron chi connectivity index (χ0n) is 11.3. The van der Waals surface area contributed by atoms with Gasteiger partial charge >= 0.3 is 0 Å². The molecule has 0 aliphatic rings. The fraction of sp³-hybridized carbons (Fsp3) is 0. The van der Waals surface area contributed by atoms with Gasteiger partial charge < -0.3 is 0 Å². The summed E-state index contributed by atoms with van der Waals surface area (Å²) in [6, 6.07) is 13.0. The molecule has 3 aromatic rings. The van der Waals surface area contributed by atoms with Crippen molar-refractivity contribution in [3.8, 4) is 22.4 Å². The molecule has 22 heavy (non-hydrogen) atoms. The van der Waals surface area contributed by atoms with Crippen LogP contribution in [0, 0.1) is 16.1 Å². The van der Waals surface area contributed by atoms with E-state index in [4.69, 9.17) is 0 Å². The molecule has 1 aromatic carbocycles. The van der Waals surface area contributed by atoms with Crippen molar-refractivity contribution in [1.82, 2.24) is 9.97 Å². The summed E-state index contributed by atoms with van der Waals surface area (Å²) < 4.78 is 14.3. The molecule has 0 bridgehead atoms. The molecule has 6 heteroatoms. The van der Waals surface area contributed by atoms with Gasteiger partial charge in [0.1, 0.15) is 0 Å². The van der Waals surface area contributed by atoms with E-state index >= 15 is 0 Å². The van der Waals surface area contributed by atoms with Gasteiger partial charge in [-0.25, -0.2) is 4.98 Å². The van der Waals surface area contributed by atoms with E-state index in [-0.39, 0.29) is 16.9 Å². The Morgan fingerprint density at radius 3 is 2.41 bits per heavy atom. The van der Waals surface area contributed by atoms with Gasteiger partial charge in [0.05, 0.1) is 4.92 Å². The third kappa shape index (κ3) is 2.54. The minimum Gasteiger partial charge on any atom is -0.264 e. The van der Waals surface area contributed by atoms with Crippen molar-refractivity contribution in [1.29, 1.82) is 0 Å². The molecular weight excluding hydrogens is 285 g/mol. The second-order valence-corrected chi connectivity index (χ2v) is 4.56. The normalized spacial score (nSPS) is 10.4. The summed E-state index contributed by atoms with van der Waals surface area (Å²) in [5.74, 6) is -0.766. The highest BCUT2D eigenvalue weighted by Crippen LogP contribution is 2.33. The summed E-state index contributed by atoms with van der Waals surface area (Å²) in [6.07, 6.45) is 2.98. The van der Waals surface area contributed by atoms with Crippen LogP contribution in [0.5, 0.6) is 0 Å². The molecule has 5 nitrogen and oxygen atoms in total. The monoisotopic (exact) mass is 295 g/mol. The first-order valence-electron chi connectivity index (χ1n) is 6.47. The second kappa shape index (κ2) is 5.69. The Kier molecular flexibility index (Phi) is 3.57. The first-order chi connectivity index (χ1) is 10.7. The van der Waals surface area contributed by atoms with Gasteiger partial charge in [-0.1, -0.05) is 36.4 Å². The van der Waals surface area contributed by atoms with Crippen LogP contribution in [-0.4, -0.2) is 14.9 Å². The molecule has 0 spiro atoms. The predicted octanol–water partition coefficient (Wildman–Crippen LogP) is 3.86. The lowest BCUT2D eigenvalue weighted by Crippen LogP contribution is -1.99. The van der Waals surface area contributed by atoms with Gasteiger partial charge in [0, 0.05) is 35.2 Å². The summed E-state index contributed by atoms with van der Waals surface area (Å²) in [4.78, 5) is 18.5. The lowest BCUT2D eigenvalue weighted by atomic mass is 10.1. The Morgan fingerprint density at radius 2 is 1.77 bits per heavy atom. The van der Waals surface area contributed by atoms with Crippen molar-refractivity contribution in [2.75, 3.05) is 0 Å². The number of rotatable bonds is 3. The van der Waals surface area contributed by atoms with Gasteiger partial charge in [0.25, 0.3) is 5.69 Å². The summed E-state index contributed by atoms with van der Waals surface area (Å²) >= 11 is 0. The van der Waals surface area contributed by atoms with Crippen molar-refractivity contribution in [2.24, 2.45) is 0 Å². The molecule has 0 radical (unpaired) electrons. The smallest absolute Gasteiger partial charge is 0.264 e. The van der Waals surface area contributed by atoms with Crippen LogP contribution < -0.4 is 0 Å². The topological polar surface area (TPSA) is 68.9 Å². The first-order valence-corrected chi connectivity index (χ1v) is 6.47. The highest BCUT2D eigenvalue weighted by Gasteiger charge is 2.22. The fourth-order valence-corrected chi connectivity index (χ4v) is 2.15. The summed E-state index contributed by atoms with van der Waals surface area (Å²) in [6.45, 7) is 0. The van der Waals surface area contributed by atoms with E-state index < -0.39 is 10.9 Å². The molecule has 2 aromatic heterocycles. The average Bonchev–Trinajstić information content (AvgIpc) is 2.56. The maximum Gasteiger partial charge on any atom is 0.296 e. The standard InChI is InChI=1S/C16H10FN3O2/c17-16-13(12-7-4-8-18-10-12)9-14(20(21)22)15(19-16)11-5-2-1-3-6-11/h1-10H. The molecule has 0 aliphatic heterocycles. The highest BCUT2D eigenvalue weighted by molar-refractivity contribution is 5.75. The molecule has 0 saturated heterocycles. The van der Waals surface area contributed by atoms with E-state index in [1.807, 2.05) is 0 Å². The van der Waals surface area contributed by atoms with Crippen molar-refractivity contribution < 1.29 is 9.31 Å². The SMILES string of the molecule is O=[N+]([O-])c1cc(-c2cccnc2)c(F)nc1-c1ccccc1. The van der Waals surface area contributed by atoms with Crippen molar-refractivity contribution in [2.45, 2.75) is 0 Å². The number of nitrogens with zero attached hydrogens (tertiary/aromatic N) is 3. The zero-order valence-corrected chi connectivity index (χ0v) is 11.3. The van der Waals surface area contributed by atoms with Crippen LogP contribution in [0.15, 0.2) is 60.9 Å². The molecule has 0 N–H and O–H groups in total. The average molecular weight is 295 g/mol. The van der Waals surface area contributed by atoms with Crippen LogP contribution >= 0.6 is 0 Å². The number of hydrogen-bond acceptors (Lipinski definition) is 4. The lowest BCUT2D eigenvalue weighted by Gasteiger charge is -2.07. The zero-order chi connectivity index (χ0) is 15.5. The number of aromatic nitrogens is 2. The number of benzene rings is 1. The van der Waals surface area contributed by atoms with Gasteiger partial charge in [-0.3, -0.25) is 15.1 Å². The molecule has 0 unspecified atom stereocenters. The molecule has 0 amide bonds. The number of hydrogen-bond donors (Lipinski definition) is 0. The van der Waals surface area contributed by atoms with Gasteiger partial charge in [0.15, 0.2) is 5.69 Å². The predicted molar refractivity (Wildman–Crippen MR) is 79.5 cm³/mol. The van der Waals surface area contributed by atoms with E-state index in [0.29, 0.717) is 11.1 Å². The quantitative estimate of drug-likeness (QED) is 0.418. The number of pyridine rings is 2. The van der Waals surface area contributed by atoms with Crippen LogP contribution in [0.3, 0.4) is 0 Å². The van der Waals surface area contributed by atoms with E-state index in [1.165, 1.54) is 12.3 Å². The van der Waals surface area contributed by atoms with Crippen LogP contribution in [0.25, 0.3) is 22.4 Å². The van der Waals surface area contributed by atoms with Gasteiger partial charge in [-0.2, -0.15) is 4.39 Å². The van der Waals surface area contributed by atoms with Gasteiger partial charge in [-0.05, 0) is 6.07 Å². The molecule has 108 valence electrons. The van der Waals surface area contributed by atoms with Crippen molar-refractivity contribution >= 4 is 5.69 Å². The summed E-state index contributed by atoms with van der Waals surface area (Å²) in [5, 5.41) is 11.3. The molecule has 3 rings (SSSR count). The lowest BCUT2D eigenvalue weighted by molar-refractivity contribution is -0.384. The van der Waals surface area contributed by atoms with E-state index in [9.17, 15) is 14.5 Å². The number of nitro groups is 1. The van der Waals surface area contributed by atoms with Crippen molar-refractivity contribution in [3.63, 3.8) is 0 Å². The third-order valence-electron chi connectivity index (χ3n) is 3.17. The van der Waals surface area contributed by atoms with Gasteiger partial charge in [-0.15, -0.1) is 0 Å². The summed E-state index contributed by atoms with van der Waals surface area (Å²) in [7, 11) is 0. The first kappa shape index (κ1) is 13.8. The van der Waals surface area contributed by atoms with E-state index in [1.54, 1.807) is 48.7 Å². The molecule has 0 saturated carbocycles. The Labute approximate surface area is 125 Å². The second-order valence-electron chi connectivity index (χ2n) is 4.56. The Bertz CT molecular complexity index is 824. The molecular formula is C16H10FN3O2. The maximum absolute atomic E-state index is 14.3. The minimum atomic E-state index is -0.766. The van der Waals surface area contributed by atoms with Crippen LogP contribution in [0.4, 0.5) is 10.1 Å². The number of halogens is 1. The van der Waals surface area contributed by atoms with E-state index in [0.717, 1.165) is 0 Å². The molecule has 2 heterocycles. The van der Waals surface area contributed by atoms with Crippen LogP contribution in [-0.2, 0) is 0 Å². The van der Waals surface area contributed by atoms with E-state index in [2.05, 4.69) is 9.97 Å². The fourth-order valence-electron chi connectivity index (χ4n) is 2.15. The highest BCUT2D eigenvalue weighted by atomic mass is 19.1. The Hall–Kier alpha value is -3.15. The molecule has 0 atom stereocenters. The minimum absolute atomic E-state index is 0.00994. The summed E-state index contributed by atoms with van der Waals surface area (Å²) in [5.41, 5.74) is 0.753. The largest absolute Gasteiger partial charge is 0.296 e. The third-order valence-corrected chi connectivity index (χ3v) is 3.17.